The van der Waals surface area contributed by atoms with Gasteiger partial charge in [0, 0.05) is 30.6 Å². The minimum absolute atomic E-state index is 0.250. The van der Waals surface area contributed by atoms with Crippen LogP contribution in [0.4, 0.5) is 5.69 Å². The molecule has 2 saturated heterocycles. The first-order chi connectivity index (χ1) is 9.63. The van der Waals surface area contributed by atoms with Crippen molar-refractivity contribution in [1.82, 2.24) is 5.32 Å². The minimum Gasteiger partial charge on any atom is -0.365 e. The number of hydrogen-bond acceptors (Lipinski definition) is 4. The fourth-order valence-corrected chi connectivity index (χ4v) is 3.71. The molecule has 1 aromatic rings. The fourth-order valence-electron chi connectivity index (χ4n) is 3.71. The Bertz CT molecular complexity index is 637. The molecule has 2 fully saturated rings. The monoisotopic (exact) mass is 270 g/mol. The maximum atomic E-state index is 11.7. The van der Waals surface area contributed by atoms with Crippen LogP contribution in [0.3, 0.4) is 0 Å². The molecule has 0 radical (unpaired) electrons. The van der Waals surface area contributed by atoms with E-state index in [-0.39, 0.29) is 23.9 Å². The van der Waals surface area contributed by atoms with Crippen LogP contribution in [0.25, 0.3) is 0 Å². The quantitative estimate of drug-likeness (QED) is 0.780. The molecular formula is C15H14N2O3. The molecule has 2 amide bonds. The van der Waals surface area contributed by atoms with Crippen LogP contribution in [0.15, 0.2) is 18.2 Å². The fraction of sp³-hybridized carbons (Fsp3) is 0.400. The van der Waals surface area contributed by atoms with Gasteiger partial charge in [-0.1, -0.05) is 0 Å². The van der Waals surface area contributed by atoms with E-state index in [4.69, 9.17) is 0 Å². The molecule has 2 unspecified atom stereocenters. The van der Waals surface area contributed by atoms with E-state index in [1.54, 1.807) is 12.1 Å². The number of piperidine rings is 1. The second-order valence-electron chi connectivity index (χ2n) is 5.75. The first kappa shape index (κ1) is 11.6. The molecule has 0 aliphatic carbocycles. The SMILES string of the molecule is O=C1CC2CCC(C1)N2c1ccc2c(c1)C(=O)NC2=O. The molecule has 3 aliphatic heterocycles. The van der Waals surface area contributed by atoms with Gasteiger partial charge in [0.2, 0.25) is 0 Å². The number of benzene rings is 1. The average Bonchev–Trinajstić information content (AvgIpc) is 2.85. The predicted octanol–water partition coefficient (Wildman–Crippen LogP) is 1.27. The standard InChI is InChI=1S/C15H14N2O3/c18-11-5-8-1-2-9(6-11)17(8)10-3-4-12-13(7-10)15(20)16-14(12)19/h3-4,7-9H,1-2,5-6H2,(H,16,19,20). The van der Waals surface area contributed by atoms with Crippen LogP contribution in [0.5, 0.6) is 0 Å². The van der Waals surface area contributed by atoms with Crippen molar-refractivity contribution in [3.63, 3.8) is 0 Å². The Kier molecular flexibility index (Phi) is 2.28. The zero-order valence-electron chi connectivity index (χ0n) is 10.9. The lowest BCUT2D eigenvalue weighted by molar-refractivity contribution is -0.120. The van der Waals surface area contributed by atoms with E-state index in [0.29, 0.717) is 29.8 Å². The molecule has 0 saturated carbocycles. The molecule has 3 heterocycles. The van der Waals surface area contributed by atoms with E-state index in [9.17, 15) is 14.4 Å². The van der Waals surface area contributed by atoms with Crippen molar-refractivity contribution < 1.29 is 14.4 Å². The number of nitrogens with zero attached hydrogens (tertiary/aromatic N) is 1. The van der Waals surface area contributed by atoms with E-state index < -0.39 is 0 Å². The van der Waals surface area contributed by atoms with E-state index in [2.05, 4.69) is 10.2 Å². The summed E-state index contributed by atoms with van der Waals surface area (Å²) in [6, 6.07) is 5.88. The largest absolute Gasteiger partial charge is 0.365 e. The van der Waals surface area contributed by atoms with E-state index >= 15 is 0 Å². The molecule has 0 spiro atoms. The highest BCUT2D eigenvalue weighted by molar-refractivity contribution is 6.21. The van der Waals surface area contributed by atoms with Crippen LogP contribution in [-0.2, 0) is 4.79 Å². The summed E-state index contributed by atoms with van der Waals surface area (Å²) < 4.78 is 0. The summed E-state index contributed by atoms with van der Waals surface area (Å²) in [4.78, 5) is 37.2. The third-order valence-electron chi connectivity index (χ3n) is 4.56. The molecule has 4 rings (SSSR count). The van der Waals surface area contributed by atoms with Crippen LogP contribution in [0.1, 0.15) is 46.4 Å². The number of hydrogen-bond donors (Lipinski definition) is 1. The van der Waals surface area contributed by atoms with Gasteiger partial charge in [-0.3, -0.25) is 19.7 Å². The Balaban J connectivity index is 1.74. The highest BCUT2D eigenvalue weighted by Crippen LogP contribution is 2.38. The summed E-state index contributed by atoms with van der Waals surface area (Å²) in [5.74, 6) is -0.316. The second-order valence-corrected chi connectivity index (χ2v) is 5.75. The summed E-state index contributed by atoms with van der Waals surface area (Å²) in [6.07, 6.45) is 3.24. The Morgan fingerprint density at radius 2 is 1.60 bits per heavy atom. The molecule has 1 N–H and O–H groups in total. The van der Waals surface area contributed by atoms with Gasteiger partial charge in [-0.15, -0.1) is 0 Å². The summed E-state index contributed by atoms with van der Waals surface area (Å²) in [5, 5.41) is 2.31. The average molecular weight is 270 g/mol. The zero-order valence-corrected chi connectivity index (χ0v) is 10.9. The molecule has 2 atom stereocenters. The molecule has 0 aromatic heterocycles. The van der Waals surface area contributed by atoms with Gasteiger partial charge in [0.15, 0.2) is 0 Å². The van der Waals surface area contributed by atoms with Gasteiger partial charge in [0.05, 0.1) is 11.1 Å². The number of rotatable bonds is 1. The summed E-state index contributed by atoms with van der Waals surface area (Å²) in [7, 11) is 0. The number of carbonyl (C=O) groups is 3. The minimum atomic E-state index is -0.327. The zero-order chi connectivity index (χ0) is 13.9. The number of Topliss-reactive ketones (excluding diaryl/α,β-unsaturated/α-hetero) is 1. The first-order valence-electron chi connectivity index (χ1n) is 6.93. The van der Waals surface area contributed by atoms with Crippen molar-refractivity contribution in [3.05, 3.63) is 29.3 Å². The number of amides is 2. The van der Waals surface area contributed by atoms with Gasteiger partial charge in [-0.25, -0.2) is 0 Å². The van der Waals surface area contributed by atoms with Crippen molar-refractivity contribution in [2.45, 2.75) is 37.8 Å². The molecule has 20 heavy (non-hydrogen) atoms. The van der Waals surface area contributed by atoms with Crippen molar-refractivity contribution in [3.8, 4) is 0 Å². The summed E-state index contributed by atoms with van der Waals surface area (Å²) in [5.41, 5.74) is 1.84. The summed E-state index contributed by atoms with van der Waals surface area (Å²) >= 11 is 0. The number of anilines is 1. The summed E-state index contributed by atoms with van der Waals surface area (Å²) in [6.45, 7) is 0. The number of fused-ring (bicyclic) bond motifs is 3. The number of imide groups is 1. The van der Waals surface area contributed by atoms with Crippen LogP contribution in [0, 0.1) is 0 Å². The third-order valence-corrected chi connectivity index (χ3v) is 4.56. The lowest BCUT2D eigenvalue weighted by Gasteiger charge is -2.36. The maximum absolute atomic E-state index is 11.7. The van der Waals surface area contributed by atoms with Gasteiger partial charge in [-0.05, 0) is 31.0 Å². The van der Waals surface area contributed by atoms with Crippen LogP contribution in [-0.4, -0.2) is 29.7 Å². The van der Waals surface area contributed by atoms with Gasteiger partial charge in [0.1, 0.15) is 5.78 Å². The van der Waals surface area contributed by atoms with Crippen LogP contribution < -0.4 is 10.2 Å². The Morgan fingerprint density at radius 3 is 2.30 bits per heavy atom. The molecule has 5 nitrogen and oxygen atoms in total. The maximum Gasteiger partial charge on any atom is 0.259 e. The van der Waals surface area contributed by atoms with Gasteiger partial charge < -0.3 is 4.90 Å². The molecular weight excluding hydrogens is 256 g/mol. The van der Waals surface area contributed by atoms with Crippen molar-refractivity contribution in [2.75, 3.05) is 4.90 Å². The normalized spacial score (nSPS) is 27.8. The Morgan fingerprint density at radius 1 is 0.950 bits per heavy atom. The van der Waals surface area contributed by atoms with Crippen molar-refractivity contribution >= 4 is 23.3 Å². The Hall–Kier alpha value is -2.17. The smallest absolute Gasteiger partial charge is 0.259 e. The highest BCUT2D eigenvalue weighted by atomic mass is 16.2. The predicted molar refractivity (Wildman–Crippen MR) is 71.8 cm³/mol. The topological polar surface area (TPSA) is 66.5 Å². The molecule has 1 aromatic carbocycles. The highest BCUT2D eigenvalue weighted by Gasteiger charge is 2.40. The van der Waals surface area contributed by atoms with Crippen LogP contribution >= 0.6 is 0 Å². The lowest BCUT2D eigenvalue weighted by Crippen LogP contribution is -2.43. The van der Waals surface area contributed by atoms with E-state index in [1.807, 2.05) is 6.07 Å². The molecule has 3 aliphatic rings. The van der Waals surface area contributed by atoms with Gasteiger partial charge >= 0.3 is 0 Å². The molecule has 5 heteroatoms. The molecule has 102 valence electrons. The molecule has 2 bridgehead atoms. The Labute approximate surface area is 115 Å². The lowest BCUT2D eigenvalue weighted by atomic mass is 9.99. The van der Waals surface area contributed by atoms with Crippen LogP contribution in [0.2, 0.25) is 0 Å². The van der Waals surface area contributed by atoms with Gasteiger partial charge in [0.25, 0.3) is 11.8 Å². The van der Waals surface area contributed by atoms with Crippen molar-refractivity contribution in [1.29, 1.82) is 0 Å². The number of carbonyl (C=O) groups excluding carboxylic acids is 3. The second kappa shape index (κ2) is 3.91. The first-order valence-corrected chi connectivity index (χ1v) is 6.93. The number of nitrogens with one attached hydrogen (secondary N) is 1. The third kappa shape index (κ3) is 1.52. The van der Waals surface area contributed by atoms with E-state index in [0.717, 1.165) is 18.5 Å². The van der Waals surface area contributed by atoms with Gasteiger partial charge in [-0.2, -0.15) is 0 Å². The van der Waals surface area contributed by atoms with Crippen molar-refractivity contribution in [2.24, 2.45) is 0 Å². The number of ketones is 1. The van der Waals surface area contributed by atoms with E-state index in [1.165, 1.54) is 0 Å².